The van der Waals surface area contributed by atoms with E-state index in [1.807, 2.05) is 30.4 Å². The zero-order valence-corrected chi connectivity index (χ0v) is 13.3. The summed E-state index contributed by atoms with van der Waals surface area (Å²) in [5, 5.41) is 2.18. The highest BCUT2D eigenvalue weighted by Crippen LogP contribution is 2.41. The van der Waals surface area contributed by atoms with Gasteiger partial charge in [-0.05, 0) is 36.4 Å². The van der Waals surface area contributed by atoms with Crippen LogP contribution in [0.1, 0.15) is 29.0 Å². The first kappa shape index (κ1) is 13.6. The van der Waals surface area contributed by atoms with Crippen molar-refractivity contribution in [1.29, 1.82) is 0 Å². The standard InChI is InChI=1S/C16H17NOS2/c1-11(19)17-9-7-15-13(8-10-20-15)16(17)12-5-3-4-6-14(12)18-2/h3-6,8,10,16H,7,9H2,1-2H3. The molecular weight excluding hydrogens is 286 g/mol. The Labute approximate surface area is 129 Å². The van der Waals surface area contributed by atoms with Gasteiger partial charge >= 0.3 is 0 Å². The minimum atomic E-state index is 0.179. The maximum Gasteiger partial charge on any atom is 0.124 e. The second-order valence-corrected chi connectivity index (χ2v) is 6.50. The Bertz CT molecular complexity index is 635. The van der Waals surface area contributed by atoms with Gasteiger partial charge < -0.3 is 9.64 Å². The van der Waals surface area contributed by atoms with Crippen molar-refractivity contribution in [3.8, 4) is 5.75 Å². The topological polar surface area (TPSA) is 12.5 Å². The molecule has 1 atom stereocenters. The number of thiophene rings is 1. The second-order valence-electron chi connectivity index (χ2n) is 4.91. The SMILES string of the molecule is COc1ccccc1C1c2ccsc2CCN1C(C)=S. The third-order valence-corrected chi connectivity index (χ3v) is 5.03. The molecule has 1 aliphatic rings. The van der Waals surface area contributed by atoms with Crippen molar-refractivity contribution in [2.45, 2.75) is 19.4 Å². The molecule has 1 aliphatic heterocycles. The third kappa shape index (κ3) is 2.23. The Balaban J connectivity index is 2.15. The van der Waals surface area contributed by atoms with Crippen molar-refractivity contribution in [2.75, 3.05) is 13.7 Å². The summed E-state index contributed by atoms with van der Waals surface area (Å²) in [6.07, 6.45) is 1.08. The fourth-order valence-corrected chi connectivity index (χ4v) is 3.98. The smallest absolute Gasteiger partial charge is 0.124 e. The summed E-state index contributed by atoms with van der Waals surface area (Å²) >= 11 is 7.30. The quantitative estimate of drug-likeness (QED) is 0.777. The van der Waals surface area contributed by atoms with E-state index < -0.39 is 0 Å². The number of hydrogen-bond donors (Lipinski definition) is 0. The molecule has 0 radical (unpaired) electrons. The zero-order valence-electron chi connectivity index (χ0n) is 11.6. The Morgan fingerprint density at radius 2 is 2.10 bits per heavy atom. The average molecular weight is 303 g/mol. The second kappa shape index (κ2) is 5.54. The number of methoxy groups -OCH3 is 1. The first-order valence-corrected chi connectivity index (χ1v) is 7.97. The molecule has 0 fully saturated rings. The Morgan fingerprint density at radius 3 is 2.85 bits per heavy atom. The largest absolute Gasteiger partial charge is 0.496 e. The van der Waals surface area contributed by atoms with Gasteiger partial charge in [0.2, 0.25) is 0 Å². The summed E-state index contributed by atoms with van der Waals surface area (Å²) in [6.45, 7) is 2.99. The van der Waals surface area contributed by atoms with Gasteiger partial charge in [0.25, 0.3) is 0 Å². The van der Waals surface area contributed by atoms with E-state index in [1.165, 1.54) is 16.0 Å². The number of rotatable bonds is 2. The molecule has 2 nitrogen and oxygen atoms in total. The van der Waals surface area contributed by atoms with E-state index in [2.05, 4.69) is 28.5 Å². The molecule has 1 unspecified atom stereocenters. The molecule has 0 spiro atoms. The first-order valence-electron chi connectivity index (χ1n) is 6.68. The Morgan fingerprint density at radius 1 is 1.30 bits per heavy atom. The van der Waals surface area contributed by atoms with E-state index >= 15 is 0 Å². The molecule has 1 aromatic heterocycles. The molecule has 0 bridgehead atoms. The number of benzene rings is 1. The number of hydrogen-bond acceptors (Lipinski definition) is 3. The maximum absolute atomic E-state index is 5.55. The van der Waals surface area contributed by atoms with Crippen LogP contribution in [-0.4, -0.2) is 23.5 Å². The van der Waals surface area contributed by atoms with Gasteiger partial charge in [-0.1, -0.05) is 30.4 Å². The highest BCUT2D eigenvalue weighted by molar-refractivity contribution is 7.80. The summed E-state index contributed by atoms with van der Waals surface area (Å²) in [4.78, 5) is 4.72. The van der Waals surface area contributed by atoms with Crippen LogP contribution in [0.5, 0.6) is 5.75 Å². The Kier molecular flexibility index (Phi) is 3.76. The molecule has 0 N–H and O–H groups in total. The predicted molar refractivity (Wildman–Crippen MR) is 87.8 cm³/mol. The first-order chi connectivity index (χ1) is 9.72. The van der Waals surface area contributed by atoms with Crippen molar-refractivity contribution in [3.63, 3.8) is 0 Å². The lowest BCUT2D eigenvalue weighted by atomic mass is 9.92. The number of thiocarbonyl (C=S) groups is 1. The van der Waals surface area contributed by atoms with Crippen LogP contribution < -0.4 is 4.74 Å². The van der Waals surface area contributed by atoms with Crippen LogP contribution in [0.2, 0.25) is 0 Å². The number of para-hydroxylation sites is 1. The number of fused-ring (bicyclic) bond motifs is 1. The van der Waals surface area contributed by atoms with Gasteiger partial charge in [-0.15, -0.1) is 11.3 Å². The van der Waals surface area contributed by atoms with Crippen LogP contribution >= 0.6 is 23.6 Å². The van der Waals surface area contributed by atoms with Gasteiger partial charge in [0.05, 0.1) is 18.1 Å². The lowest BCUT2D eigenvalue weighted by Gasteiger charge is -2.37. The van der Waals surface area contributed by atoms with Crippen LogP contribution in [-0.2, 0) is 6.42 Å². The van der Waals surface area contributed by atoms with Gasteiger partial charge in [0.1, 0.15) is 5.75 Å². The van der Waals surface area contributed by atoms with Crippen LogP contribution in [0, 0.1) is 0 Å². The lowest BCUT2D eigenvalue weighted by Crippen LogP contribution is -2.38. The van der Waals surface area contributed by atoms with E-state index in [4.69, 9.17) is 17.0 Å². The monoisotopic (exact) mass is 303 g/mol. The third-order valence-electron chi connectivity index (χ3n) is 3.80. The van der Waals surface area contributed by atoms with Gasteiger partial charge in [-0.2, -0.15) is 0 Å². The molecule has 0 aliphatic carbocycles. The Hall–Kier alpha value is -1.39. The molecule has 104 valence electrons. The molecule has 1 aromatic carbocycles. The molecule has 0 amide bonds. The van der Waals surface area contributed by atoms with Crippen molar-refractivity contribution in [2.24, 2.45) is 0 Å². The van der Waals surface area contributed by atoms with Gasteiger partial charge in [0, 0.05) is 17.0 Å². The molecule has 2 aromatic rings. The molecule has 4 heteroatoms. The van der Waals surface area contributed by atoms with E-state index in [9.17, 15) is 0 Å². The van der Waals surface area contributed by atoms with Crippen LogP contribution in [0.4, 0.5) is 0 Å². The van der Waals surface area contributed by atoms with E-state index in [0.717, 1.165) is 23.7 Å². The van der Waals surface area contributed by atoms with Gasteiger partial charge in [0.15, 0.2) is 0 Å². The predicted octanol–water partition coefficient (Wildman–Crippen LogP) is 4.05. The number of nitrogens with zero attached hydrogens (tertiary/aromatic N) is 1. The van der Waals surface area contributed by atoms with Gasteiger partial charge in [-0.25, -0.2) is 0 Å². The summed E-state index contributed by atoms with van der Waals surface area (Å²) in [5.41, 5.74) is 2.56. The minimum absolute atomic E-state index is 0.179. The fourth-order valence-electron chi connectivity index (χ4n) is 2.88. The molecule has 0 saturated carbocycles. The molecule has 3 rings (SSSR count). The number of ether oxygens (including phenoxy) is 1. The van der Waals surface area contributed by atoms with Crippen molar-refractivity contribution in [3.05, 3.63) is 51.7 Å². The minimum Gasteiger partial charge on any atom is -0.496 e. The molecule has 20 heavy (non-hydrogen) atoms. The molecule has 0 saturated heterocycles. The summed E-state index contributed by atoms with van der Waals surface area (Å²) < 4.78 is 5.55. The van der Waals surface area contributed by atoms with Crippen LogP contribution in [0.3, 0.4) is 0 Å². The highest BCUT2D eigenvalue weighted by Gasteiger charge is 2.31. The summed E-state index contributed by atoms with van der Waals surface area (Å²) in [7, 11) is 1.73. The van der Waals surface area contributed by atoms with E-state index in [-0.39, 0.29) is 6.04 Å². The fraction of sp³-hybridized carbons (Fsp3) is 0.312. The average Bonchev–Trinajstić information content (AvgIpc) is 2.94. The zero-order chi connectivity index (χ0) is 14.1. The molecule has 2 heterocycles. The van der Waals surface area contributed by atoms with Crippen LogP contribution in [0.15, 0.2) is 35.7 Å². The van der Waals surface area contributed by atoms with Gasteiger partial charge in [-0.3, -0.25) is 0 Å². The van der Waals surface area contributed by atoms with Crippen LogP contribution in [0.25, 0.3) is 0 Å². The molecular formula is C16H17NOS2. The highest BCUT2D eigenvalue weighted by atomic mass is 32.1. The lowest BCUT2D eigenvalue weighted by molar-refractivity contribution is 0.330. The van der Waals surface area contributed by atoms with E-state index in [0.29, 0.717) is 0 Å². The maximum atomic E-state index is 5.55. The summed E-state index contributed by atoms with van der Waals surface area (Å²) in [6, 6.07) is 10.6. The van der Waals surface area contributed by atoms with Crippen molar-refractivity contribution < 1.29 is 4.74 Å². The van der Waals surface area contributed by atoms with E-state index in [1.54, 1.807) is 7.11 Å². The summed E-state index contributed by atoms with van der Waals surface area (Å²) in [5.74, 6) is 0.929. The van der Waals surface area contributed by atoms with Crippen molar-refractivity contribution in [1.82, 2.24) is 4.90 Å². The van der Waals surface area contributed by atoms with Crippen molar-refractivity contribution >= 4 is 28.5 Å². The normalized spacial score (nSPS) is 17.7.